The summed E-state index contributed by atoms with van der Waals surface area (Å²) in [6, 6.07) is 0. The Morgan fingerprint density at radius 3 is 2.79 bits per heavy atom. The number of aromatic nitrogens is 4. The van der Waals surface area contributed by atoms with Gasteiger partial charge in [-0.2, -0.15) is 4.80 Å². The molecule has 1 aromatic rings. The average Bonchev–Trinajstić information content (AvgIpc) is 2.81. The van der Waals surface area contributed by atoms with Crippen LogP contribution in [0.2, 0.25) is 0 Å². The van der Waals surface area contributed by atoms with E-state index in [9.17, 15) is 0 Å². The first-order chi connectivity index (χ1) is 6.74. The number of tetrazole rings is 1. The van der Waals surface area contributed by atoms with Crippen molar-refractivity contribution in [3.05, 3.63) is 5.82 Å². The molecule has 0 amide bonds. The highest BCUT2D eigenvalue weighted by Crippen LogP contribution is 2.47. The minimum Gasteiger partial charge on any atom is -0.316 e. The first kappa shape index (κ1) is 9.58. The third-order valence-electron chi connectivity index (χ3n) is 2.79. The van der Waals surface area contributed by atoms with E-state index in [1.54, 1.807) is 7.05 Å². The van der Waals surface area contributed by atoms with Crippen molar-refractivity contribution in [2.24, 2.45) is 12.5 Å². The van der Waals surface area contributed by atoms with Crippen LogP contribution in [-0.2, 0) is 13.5 Å². The van der Waals surface area contributed by atoms with Gasteiger partial charge in [-0.25, -0.2) is 0 Å². The van der Waals surface area contributed by atoms with Crippen molar-refractivity contribution in [2.45, 2.75) is 26.2 Å². The van der Waals surface area contributed by atoms with E-state index in [1.165, 1.54) is 17.6 Å². The van der Waals surface area contributed by atoms with E-state index < -0.39 is 0 Å². The molecule has 5 heteroatoms. The molecule has 1 aromatic heterocycles. The summed E-state index contributed by atoms with van der Waals surface area (Å²) in [5.41, 5.74) is 0.430. The highest BCUT2D eigenvalue weighted by molar-refractivity contribution is 5.01. The first-order valence-electron chi connectivity index (χ1n) is 5.18. The summed E-state index contributed by atoms with van der Waals surface area (Å²) in [4.78, 5) is 1.53. The van der Waals surface area contributed by atoms with Gasteiger partial charge in [0.1, 0.15) is 0 Å². The van der Waals surface area contributed by atoms with Gasteiger partial charge in [-0.15, -0.1) is 10.2 Å². The number of hydrogen-bond donors (Lipinski definition) is 1. The van der Waals surface area contributed by atoms with E-state index in [0.29, 0.717) is 5.41 Å². The second-order valence-electron chi connectivity index (χ2n) is 4.15. The van der Waals surface area contributed by atoms with Crippen LogP contribution in [0, 0.1) is 5.41 Å². The molecule has 1 aliphatic carbocycles. The highest BCUT2D eigenvalue weighted by Gasteiger charge is 2.43. The van der Waals surface area contributed by atoms with Gasteiger partial charge in [0.2, 0.25) is 0 Å². The van der Waals surface area contributed by atoms with Crippen LogP contribution in [-0.4, -0.2) is 33.3 Å². The Morgan fingerprint density at radius 2 is 2.29 bits per heavy atom. The SMILES string of the molecule is CCNCC1(Cc2nnn(C)n2)CC1. The largest absolute Gasteiger partial charge is 0.316 e. The Hall–Kier alpha value is -0.970. The first-order valence-corrected chi connectivity index (χ1v) is 5.18. The quantitative estimate of drug-likeness (QED) is 0.726. The lowest BCUT2D eigenvalue weighted by Gasteiger charge is -2.12. The summed E-state index contributed by atoms with van der Waals surface area (Å²) in [5.74, 6) is 0.878. The van der Waals surface area contributed by atoms with Crippen molar-refractivity contribution < 1.29 is 0 Å². The Labute approximate surface area is 83.9 Å². The van der Waals surface area contributed by atoms with Crippen LogP contribution in [0.4, 0.5) is 0 Å². The Bertz CT molecular complexity index is 302. The number of nitrogens with zero attached hydrogens (tertiary/aromatic N) is 4. The van der Waals surface area contributed by atoms with Gasteiger partial charge in [-0.1, -0.05) is 6.92 Å². The summed E-state index contributed by atoms with van der Waals surface area (Å²) in [5, 5.41) is 15.5. The summed E-state index contributed by atoms with van der Waals surface area (Å²) in [6.07, 6.45) is 3.55. The molecule has 5 nitrogen and oxygen atoms in total. The van der Waals surface area contributed by atoms with Crippen LogP contribution >= 0.6 is 0 Å². The maximum atomic E-state index is 4.21. The fourth-order valence-electron chi connectivity index (χ4n) is 1.71. The smallest absolute Gasteiger partial charge is 0.175 e. The molecule has 1 fully saturated rings. The summed E-state index contributed by atoms with van der Waals surface area (Å²) >= 11 is 0. The van der Waals surface area contributed by atoms with E-state index in [-0.39, 0.29) is 0 Å². The van der Waals surface area contributed by atoms with Crippen LogP contribution in [0.5, 0.6) is 0 Å². The third kappa shape index (κ3) is 2.09. The zero-order chi connectivity index (χ0) is 10.0. The molecule has 78 valence electrons. The second-order valence-corrected chi connectivity index (χ2v) is 4.15. The molecule has 0 radical (unpaired) electrons. The molecule has 1 heterocycles. The number of hydrogen-bond acceptors (Lipinski definition) is 4. The maximum absolute atomic E-state index is 4.21. The van der Waals surface area contributed by atoms with Gasteiger partial charge in [-0.3, -0.25) is 0 Å². The second kappa shape index (κ2) is 3.65. The van der Waals surface area contributed by atoms with Crippen LogP contribution < -0.4 is 5.32 Å². The minimum atomic E-state index is 0.430. The lowest BCUT2D eigenvalue weighted by atomic mass is 10.0. The van der Waals surface area contributed by atoms with Crippen LogP contribution in [0.3, 0.4) is 0 Å². The average molecular weight is 195 g/mol. The Balaban J connectivity index is 1.90. The number of nitrogens with one attached hydrogen (secondary N) is 1. The molecule has 0 spiro atoms. The summed E-state index contributed by atoms with van der Waals surface area (Å²) in [7, 11) is 1.81. The molecule has 1 saturated carbocycles. The number of rotatable bonds is 5. The lowest BCUT2D eigenvalue weighted by molar-refractivity contribution is 0.451. The van der Waals surface area contributed by atoms with Gasteiger partial charge in [0.05, 0.1) is 7.05 Å². The molecule has 1 aliphatic rings. The molecule has 2 rings (SSSR count). The van der Waals surface area contributed by atoms with Gasteiger partial charge in [0.25, 0.3) is 0 Å². The monoisotopic (exact) mass is 195 g/mol. The predicted octanol–water partition coefficient (Wildman–Crippen LogP) is 0.142. The van der Waals surface area contributed by atoms with Crippen molar-refractivity contribution in [3.8, 4) is 0 Å². The van der Waals surface area contributed by atoms with E-state index in [4.69, 9.17) is 0 Å². The molecule has 0 bridgehead atoms. The van der Waals surface area contributed by atoms with Crippen LogP contribution in [0.25, 0.3) is 0 Å². The zero-order valence-corrected chi connectivity index (χ0v) is 8.82. The van der Waals surface area contributed by atoms with E-state index >= 15 is 0 Å². The van der Waals surface area contributed by atoms with Crippen molar-refractivity contribution in [1.29, 1.82) is 0 Å². The number of aryl methyl sites for hydroxylation is 1. The molecule has 0 unspecified atom stereocenters. The van der Waals surface area contributed by atoms with Crippen molar-refractivity contribution in [3.63, 3.8) is 0 Å². The van der Waals surface area contributed by atoms with Gasteiger partial charge in [-0.05, 0) is 30.0 Å². The maximum Gasteiger partial charge on any atom is 0.175 e. The minimum absolute atomic E-state index is 0.430. The predicted molar refractivity (Wildman–Crippen MR) is 52.7 cm³/mol. The van der Waals surface area contributed by atoms with E-state index in [0.717, 1.165) is 25.3 Å². The molecule has 0 atom stereocenters. The molecular formula is C9H17N5. The van der Waals surface area contributed by atoms with Gasteiger partial charge >= 0.3 is 0 Å². The van der Waals surface area contributed by atoms with Gasteiger partial charge in [0.15, 0.2) is 5.82 Å². The Kier molecular flexibility index (Phi) is 2.50. The summed E-state index contributed by atoms with van der Waals surface area (Å²) < 4.78 is 0. The van der Waals surface area contributed by atoms with Crippen LogP contribution in [0.1, 0.15) is 25.6 Å². The van der Waals surface area contributed by atoms with Crippen molar-refractivity contribution in [1.82, 2.24) is 25.5 Å². The van der Waals surface area contributed by atoms with E-state index in [1.807, 2.05) is 0 Å². The molecule has 1 N–H and O–H groups in total. The third-order valence-corrected chi connectivity index (χ3v) is 2.79. The normalized spacial score (nSPS) is 18.4. The standard InChI is InChI=1S/C9H17N5/c1-3-10-7-9(4-5-9)6-8-11-13-14(2)12-8/h10H,3-7H2,1-2H3. The van der Waals surface area contributed by atoms with Crippen molar-refractivity contribution in [2.75, 3.05) is 13.1 Å². The Morgan fingerprint density at radius 1 is 1.50 bits per heavy atom. The fourth-order valence-corrected chi connectivity index (χ4v) is 1.71. The van der Waals surface area contributed by atoms with Crippen LogP contribution in [0.15, 0.2) is 0 Å². The zero-order valence-electron chi connectivity index (χ0n) is 8.82. The van der Waals surface area contributed by atoms with E-state index in [2.05, 4.69) is 27.7 Å². The van der Waals surface area contributed by atoms with Crippen molar-refractivity contribution >= 4 is 0 Å². The molecule has 14 heavy (non-hydrogen) atoms. The molecule has 0 aliphatic heterocycles. The highest BCUT2D eigenvalue weighted by atomic mass is 15.6. The van der Waals surface area contributed by atoms with Gasteiger partial charge < -0.3 is 5.32 Å². The topological polar surface area (TPSA) is 55.6 Å². The molecule has 0 aromatic carbocycles. The molecular weight excluding hydrogens is 178 g/mol. The van der Waals surface area contributed by atoms with Gasteiger partial charge in [0, 0.05) is 13.0 Å². The lowest BCUT2D eigenvalue weighted by Crippen LogP contribution is -2.25. The summed E-state index contributed by atoms with van der Waals surface area (Å²) in [6.45, 7) is 4.26. The molecule has 0 saturated heterocycles. The fraction of sp³-hybridized carbons (Fsp3) is 0.889.